The molecule has 0 bridgehead atoms. The molecular weight excluding hydrogens is 378 g/mol. The second-order valence-electron chi connectivity index (χ2n) is 6.07. The van der Waals surface area contributed by atoms with Gasteiger partial charge in [0, 0.05) is 12.3 Å². The lowest BCUT2D eigenvalue weighted by Gasteiger charge is -2.09. The number of pyridine rings is 1. The van der Waals surface area contributed by atoms with Gasteiger partial charge in [0.15, 0.2) is 12.4 Å². The van der Waals surface area contributed by atoms with E-state index in [1.807, 2.05) is 0 Å². The number of ether oxygens (including phenoxy) is 1. The molecule has 0 fully saturated rings. The fourth-order valence-corrected chi connectivity index (χ4v) is 2.67. The van der Waals surface area contributed by atoms with Crippen molar-refractivity contribution in [3.8, 4) is 5.82 Å². The zero-order valence-corrected chi connectivity index (χ0v) is 15.7. The van der Waals surface area contributed by atoms with Crippen molar-refractivity contribution in [2.75, 3.05) is 11.9 Å². The first-order chi connectivity index (χ1) is 13.9. The number of aromatic nitrogens is 3. The Kier molecular flexibility index (Phi) is 5.63. The maximum absolute atomic E-state index is 12.3. The van der Waals surface area contributed by atoms with Crippen LogP contribution in [0.25, 0.3) is 5.82 Å². The molecule has 0 atom stereocenters. The van der Waals surface area contributed by atoms with E-state index in [0.29, 0.717) is 17.1 Å². The molecule has 10 nitrogen and oxygen atoms in total. The molecule has 3 rings (SSSR count). The van der Waals surface area contributed by atoms with Gasteiger partial charge in [-0.25, -0.2) is 14.5 Å². The second kappa shape index (κ2) is 8.30. The molecule has 0 spiro atoms. The van der Waals surface area contributed by atoms with Gasteiger partial charge in [-0.3, -0.25) is 14.9 Å². The van der Waals surface area contributed by atoms with E-state index in [0.717, 1.165) is 0 Å². The fraction of sp³-hybridized carbons (Fsp3) is 0.158. The first-order valence-corrected chi connectivity index (χ1v) is 8.55. The van der Waals surface area contributed by atoms with Crippen LogP contribution >= 0.6 is 0 Å². The van der Waals surface area contributed by atoms with Crippen molar-refractivity contribution in [2.24, 2.45) is 0 Å². The Hall–Kier alpha value is -4.08. The van der Waals surface area contributed by atoms with Crippen LogP contribution < -0.4 is 5.32 Å². The van der Waals surface area contributed by atoms with Crippen molar-refractivity contribution < 1.29 is 19.2 Å². The van der Waals surface area contributed by atoms with Gasteiger partial charge >= 0.3 is 5.97 Å². The maximum atomic E-state index is 12.3. The maximum Gasteiger partial charge on any atom is 0.342 e. The zero-order chi connectivity index (χ0) is 21.0. The fourth-order valence-electron chi connectivity index (χ4n) is 2.67. The van der Waals surface area contributed by atoms with Crippen molar-refractivity contribution in [1.29, 1.82) is 0 Å². The van der Waals surface area contributed by atoms with Crippen LogP contribution in [0.3, 0.4) is 0 Å². The molecule has 0 saturated heterocycles. The Morgan fingerprint density at radius 2 is 2.00 bits per heavy atom. The molecule has 3 aromatic rings. The molecule has 0 radical (unpaired) electrons. The minimum Gasteiger partial charge on any atom is -0.452 e. The molecule has 148 valence electrons. The van der Waals surface area contributed by atoms with Crippen molar-refractivity contribution >= 4 is 23.3 Å². The van der Waals surface area contributed by atoms with Gasteiger partial charge < -0.3 is 10.1 Å². The van der Waals surface area contributed by atoms with E-state index >= 15 is 0 Å². The highest BCUT2D eigenvalue weighted by Crippen LogP contribution is 2.25. The topological polar surface area (TPSA) is 129 Å². The Morgan fingerprint density at radius 1 is 1.21 bits per heavy atom. The third kappa shape index (κ3) is 4.26. The number of nitrogens with one attached hydrogen (secondary N) is 1. The number of carbonyl (C=O) groups is 2. The van der Waals surface area contributed by atoms with Crippen LogP contribution in [0, 0.1) is 24.0 Å². The molecule has 0 aliphatic rings. The average Bonchev–Trinajstić information content (AvgIpc) is 3.09. The average molecular weight is 395 g/mol. The lowest BCUT2D eigenvalue weighted by molar-refractivity contribution is -0.385. The number of nitro benzene ring substituents is 1. The SMILES string of the molecule is Cc1c(NC(=O)COC(=O)c2cnn(-c3ccccn3)c2C)cccc1[N+](=O)[O-]. The number of hydrogen-bond donors (Lipinski definition) is 1. The summed E-state index contributed by atoms with van der Waals surface area (Å²) in [5, 5.41) is 17.6. The third-order valence-corrected chi connectivity index (χ3v) is 4.21. The van der Waals surface area contributed by atoms with Gasteiger partial charge in [0.05, 0.1) is 28.1 Å². The van der Waals surface area contributed by atoms with E-state index in [4.69, 9.17) is 4.74 Å². The largest absolute Gasteiger partial charge is 0.452 e. The molecule has 1 amide bonds. The first-order valence-electron chi connectivity index (χ1n) is 8.55. The van der Waals surface area contributed by atoms with Gasteiger partial charge in [-0.2, -0.15) is 5.10 Å². The van der Waals surface area contributed by atoms with E-state index in [9.17, 15) is 19.7 Å². The standard InChI is InChI=1S/C19H17N5O5/c1-12-15(6-5-7-16(12)24(27)28)22-18(25)11-29-19(26)14-10-21-23(13(14)2)17-8-3-4-9-20-17/h3-10H,11H2,1-2H3,(H,22,25). The van der Waals surface area contributed by atoms with Crippen LogP contribution in [0.4, 0.5) is 11.4 Å². The summed E-state index contributed by atoms with van der Waals surface area (Å²) in [4.78, 5) is 39.0. The zero-order valence-electron chi connectivity index (χ0n) is 15.7. The third-order valence-electron chi connectivity index (χ3n) is 4.21. The summed E-state index contributed by atoms with van der Waals surface area (Å²) in [6.07, 6.45) is 2.95. The molecule has 0 saturated carbocycles. The lowest BCUT2D eigenvalue weighted by Crippen LogP contribution is -2.21. The number of rotatable bonds is 6. The summed E-state index contributed by atoms with van der Waals surface area (Å²) < 4.78 is 6.54. The van der Waals surface area contributed by atoms with Gasteiger partial charge in [0.1, 0.15) is 5.56 Å². The summed E-state index contributed by atoms with van der Waals surface area (Å²) in [5.41, 5.74) is 1.19. The van der Waals surface area contributed by atoms with Gasteiger partial charge in [-0.1, -0.05) is 12.1 Å². The van der Waals surface area contributed by atoms with Crippen LogP contribution in [-0.4, -0.2) is 38.2 Å². The van der Waals surface area contributed by atoms with Crippen molar-refractivity contribution in [1.82, 2.24) is 14.8 Å². The van der Waals surface area contributed by atoms with Gasteiger partial charge in [0.2, 0.25) is 0 Å². The normalized spacial score (nSPS) is 10.4. The molecular formula is C19H17N5O5. The molecule has 2 aromatic heterocycles. The Bertz CT molecular complexity index is 1080. The molecule has 1 aromatic carbocycles. The summed E-state index contributed by atoms with van der Waals surface area (Å²) in [7, 11) is 0. The van der Waals surface area contributed by atoms with Crippen molar-refractivity contribution in [3.05, 3.63) is 75.7 Å². The van der Waals surface area contributed by atoms with Gasteiger partial charge in [-0.05, 0) is 32.0 Å². The van der Waals surface area contributed by atoms with Crippen LogP contribution in [0.1, 0.15) is 21.6 Å². The number of nitrogens with zero attached hydrogens (tertiary/aromatic N) is 4. The summed E-state index contributed by atoms with van der Waals surface area (Å²) >= 11 is 0. The van der Waals surface area contributed by atoms with E-state index in [1.54, 1.807) is 31.3 Å². The molecule has 2 heterocycles. The number of hydrogen-bond acceptors (Lipinski definition) is 7. The minimum absolute atomic E-state index is 0.114. The minimum atomic E-state index is -0.712. The van der Waals surface area contributed by atoms with Crippen molar-refractivity contribution in [3.63, 3.8) is 0 Å². The summed E-state index contributed by atoms with van der Waals surface area (Å²) in [5.74, 6) is -0.782. The van der Waals surface area contributed by atoms with Gasteiger partial charge in [0.25, 0.3) is 11.6 Å². The van der Waals surface area contributed by atoms with Crippen LogP contribution in [0.15, 0.2) is 48.8 Å². The molecule has 29 heavy (non-hydrogen) atoms. The number of anilines is 1. The highest BCUT2D eigenvalue weighted by Gasteiger charge is 2.19. The number of nitro groups is 1. The van der Waals surface area contributed by atoms with Gasteiger partial charge in [-0.15, -0.1) is 0 Å². The number of carbonyl (C=O) groups excluding carboxylic acids is 2. The molecule has 0 aliphatic carbocycles. The highest BCUT2D eigenvalue weighted by atomic mass is 16.6. The Balaban J connectivity index is 1.64. The van der Waals surface area contributed by atoms with E-state index in [-0.39, 0.29) is 16.9 Å². The predicted molar refractivity (Wildman–Crippen MR) is 103 cm³/mol. The van der Waals surface area contributed by atoms with E-state index in [1.165, 1.54) is 36.0 Å². The Labute approximate surface area is 165 Å². The number of esters is 1. The second-order valence-corrected chi connectivity index (χ2v) is 6.07. The highest BCUT2D eigenvalue weighted by molar-refractivity contribution is 5.96. The van der Waals surface area contributed by atoms with Crippen LogP contribution in [0.5, 0.6) is 0 Å². The lowest BCUT2D eigenvalue weighted by atomic mass is 10.1. The smallest absolute Gasteiger partial charge is 0.342 e. The summed E-state index contributed by atoms with van der Waals surface area (Å²) in [6.45, 7) is 2.66. The summed E-state index contributed by atoms with van der Waals surface area (Å²) in [6, 6.07) is 9.63. The number of amides is 1. The molecule has 0 unspecified atom stereocenters. The van der Waals surface area contributed by atoms with Crippen LogP contribution in [0.2, 0.25) is 0 Å². The molecule has 1 N–H and O–H groups in total. The predicted octanol–water partition coefficient (Wildman–Crippen LogP) is 2.59. The Morgan fingerprint density at radius 3 is 2.69 bits per heavy atom. The van der Waals surface area contributed by atoms with Crippen molar-refractivity contribution in [2.45, 2.75) is 13.8 Å². The monoisotopic (exact) mass is 395 g/mol. The van der Waals surface area contributed by atoms with E-state index in [2.05, 4.69) is 15.4 Å². The van der Waals surface area contributed by atoms with E-state index < -0.39 is 23.4 Å². The molecule has 0 aliphatic heterocycles. The van der Waals surface area contributed by atoms with Crippen LogP contribution in [-0.2, 0) is 9.53 Å². The quantitative estimate of drug-likeness (QED) is 0.386. The number of benzene rings is 1. The first kappa shape index (κ1) is 19.7. The molecule has 10 heteroatoms.